The van der Waals surface area contributed by atoms with Gasteiger partial charge in [0.1, 0.15) is 6.10 Å². The van der Waals surface area contributed by atoms with Gasteiger partial charge >= 0.3 is 0 Å². The number of aliphatic hydroxyl groups is 1. The largest absolute Gasteiger partial charge is 0.380 e. The summed E-state index contributed by atoms with van der Waals surface area (Å²) in [5, 5.41) is 8.62. The summed E-state index contributed by atoms with van der Waals surface area (Å²) in [4.78, 5) is 0. The molecule has 0 aromatic rings. The van der Waals surface area contributed by atoms with Crippen molar-refractivity contribution in [2.24, 2.45) is 0 Å². The lowest BCUT2D eigenvalue weighted by molar-refractivity contribution is 0.221. The van der Waals surface area contributed by atoms with Crippen LogP contribution in [0.15, 0.2) is 0 Å². The van der Waals surface area contributed by atoms with E-state index in [-0.39, 0.29) is 0 Å². The molecule has 0 aliphatic heterocycles. The molecule has 40 valence electrons. The predicted octanol–water partition coefficient (Wildman–Crippen LogP) is 0.781. The summed E-state index contributed by atoms with van der Waals surface area (Å²) in [5.74, 6) is 2.22. The van der Waals surface area contributed by atoms with Crippen LogP contribution in [0.1, 0.15) is 19.8 Å². The molecule has 0 rings (SSSR count). The van der Waals surface area contributed by atoms with Crippen LogP contribution in [0.4, 0.5) is 0 Å². The van der Waals surface area contributed by atoms with Crippen LogP contribution in [-0.4, -0.2) is 11.2 Å². The molecule has 1 N–H and O–H groups in total. The summed E-state index contributed by atoms with van der Waals surface area (Å²) in [5.41, 5.74) is 0. The van der Waals surface area contributed by atoms with Gasteiger partial charge in [-0.2, -0.15) is 0 Å². The second-order valence-corrected chi connectivity index (χ2v) is 1.47. The van der Waals surface area contributed by atoms with E-state index in [1.807, 2.05) is 6.92 Å². The second kappa shape index (κ2) is 3.70. The highest BCUT2D eigenvalue weighted by atomic mass is 16.3. The van der Waals surface area contributed by atoms with Gasteiger partial charge in [-0.25, -0.2) is 0 Å². The Morgan fingerprint density at radius 3 is 2.57 bits per heavy atom. The fourth-order valence-corrected chi connectivity index (χ4v) is 0.357. The van der Waals surface area contributed by atoms with Gasteiger partial charge in [0.05, 0.1) is 0 Å². The van der Waals surface area contributed by atoms with E-state index < -0.39 is 6.10 Å². The summed E-state index contributed by atoms with van der Waals surface area (Å²) in [6.45, 7) is 1.99. The van der Waals surface area contributed by atoms with Crippen molar-refractivity contribution >= 4 is 0 Å². The van der Waals surface area contributed by atoms with Crippen molar-refractivity contribution in [1.82, 2.24) is 0 Å². The summed E-state index contributed by atoms with van der Waals surface area (Å²) in [7, 11) is 0. The second-order valence-electron chi connectivity index (χ2n) is 1.47. The van der Waals surface area contributed by atoms with Crippen LogP contribution in [0.2, 0.25) is 0 Å². The van der Waals surface area contributed by atoms with Gasteiger partial charge in [0.15, 0.2) is 0 Å². The minimum absolute atomic E-state index is 0.523. The van der Waals surface area contributed by atoms with Gasteiger partial charge in [-0.1, -0.05) is 19.3 Å². The van der Waals surface area contributed by atoms with Crippen molar-refractivity contribution in [2.45, 2.75) is 25.9 Å². The topological polar surface area (TPSA) is 20.2 Å². The predicted molar refractivity (Wildman–Crippen MR) is 29.7 cm³/mol. The standard InChI is InChI=1S/C6H10O/c1-3-5-6(7)4-2/h2,6-7H,3,5H2,1H3/t6-/m1/s1. The lowest BCUT2D eigenvalue weighted by Gasteiger charge is -1.95. The lowest BCUT2D eigenvalue weighted by atomic mass is 10.2. The van der Waals surface area contributed by atoms with Gasteiger partial charge in [0.25, 0.3) is 0 Å². The Morgan fingerprint density at radius 1 is 1.86 bits per heavy atom. The molecule has 0 aromatic carbocycles. The first kappa shape index (κ1) is 6.52. The molecule has 0 amide bonds. The van der Waals surface area contributed by atoms with Crippen molar-refractivity contribution in [3.63, 3.8) is 0 Å². The molecule has 1 heteroatoms. The third-order valence-electron chi connectivity index (χ3n) is 0.754. The molecule has 0 radical (unpaired) electrons. The molecule has 0 spiro atoms. The average molecular weight is 98.1 g/mol. The van der Waals surface area contributed by atoms with Gasteiger partial charge in [0.2, 0.25) is 0 Å². The zero-order valence-electron chi connectivity index (χ0n) is 4.52. The third kappa shape index (κ3) is 3.35. The minimum atomic E-state index is -0.523. The molecule has 1 atom stereocenters. The van der Waals surface area contributed by atoms with Crippen molar-refractivity contribution in [1.29, 1.82) is 0 Å². The fourth-order valence-electron chi connectivity index (χ4n) is 0.357. The van der Waals surface area contributed by atoms with E-state index in [0.717, 1.165) is 12.8 Å². The van der Waals surface area contributed by atoms with E-state index in [1.54, 1.807) is 0 Å². The van der Waals surface area contributed by atoms with Gasteiger partial charge in [-0.15, -0.1) is 6.42 Å². The number of aliphatic hydroxyl groups excluding tert-OH is 1. The summed E-state index contributed by atoms with van der Waals surface area (Å²) >= 11 is 0. The Morgan fingerprint density at radius 2 is 2.43 bits per heavy atom. The van der Waals surface area contributed by atoms with Crippen LogP contribution in [0.5, 0.6) is 0 Å². The van der Waals surface area contributed by atoms with Crippen molar-refractivity contribution in [3.8, 4) is 12.3 Å². The summed E-state index contributed by atoms with van der Waals surface area (Å²) in [6.07, 6.45) is 6.00. The highest BCUT2D eigenvalue weighted by molar-refractivity contribution is 4.92. The molecule has 0 aliphatic carbocycles. The Bertz CT molecular complexity index is 70.7. The van der Waals surface area contributed by atoms with Crippen molar-refractivity contribution in [2.75, 3.05) is 0 Å². The van der Waals surface area contributed by atoms with Crippen LogP contribution < -0.4 is 0 Å². The fraction of sp³-hybridized carbons (Fsp3) is 0.667. The molecule has 0 aliphatic rings. The summed E-state index contributed by atoms with van der Waals surface area (Å²) in [6, 6.07) is 0. The SMILES string of the molecule is C#C[C@@H](O)CCC. The van der Waals surface area contributed by atoms with E-state index in [0.29, 0.717) is 0 Å². The van der Waals surface area contributed by atoms with E-state index in [9.17, 15) is 0 Å². The Balaban J connectivity index is 3.04. The average Bonchev–Trinajstić information content (AvgIpc) is 1.68. The van der Waals surface area contributed by atoms with E-state index in [1.165, 1.54) is 0 Å². The minimum Gasteiger partial charge on any atom is -0.380 e. The molecule has 0 unspecified atom stereocenters. The molecule has 0 saturated carbocycles. The maximum Gasteiger partial charge on any atom is 0.114 e. The molecule has 0 bridgehead atoms. The first-order valence-electron chi connectivity index (χ1n) is 2.45. The Kier molecular flexibility index (Phi) is 3.45. The number of rotatable bonds is 2. The van der Waals surface area contributed by atoms with E-state index >= 15 is 0 Å². The lowest BCUT2D eigenvalue weighted by Crippen LogP contribution is -1.99. The number of hydrogen-bond acceptors (Lipinski definition) is 1. The van der Waals surface area contributed by atoms with Crippen LogP contribution in [0.25, 0.3) is 0 Å². The van der Waals surface area contributed by atoms with Crippen LogP contribution >= 0.6 is 0 Å². The molecule has 0 saturated heterocycles. The zero-order chi connectivity index (χ0) is 5.70. The van der Waals surface area contributed by atoms with Crippen molar-refractivity contribution < 1.29 is 5.11 Å². The van der Waals surface area contributed by atoms with Gasteiger partial charge < -0.3 is 5.11 Å². The number of terminal acetylenes is 1. The molecular weight excluding hydrogens is 88.1 g/mol. The molecule has 0 aromatic heterocycles. The van der Waals surface area contributed by atoms with Crippen LogP contribution in [-0.2, 0) is 0 Å². The van der Waals surface area contributed by atoms with Crippen molar-refractivity contribution in [3.05, 3.63) is 0 Å². The zero-order valence-corrected chi connectivity index (χ0v) is 4.52. The first-order chi connectivity index (χ1) is 3.31. The van der Waals surface area contributed by atoms with Gasteiger partial charge in [0, 0.05) is 0 Å². The Labute approximate surface area is 44.4 Å². The maximum absolute atomic E-state index is 8.62. The summed E-state index contributed by atoms with van der Waals surface area (Å²) < 4.78 is 0. The van der Waals surface area contributed by atoms with Gasteiger partial charge in [-0.3, -0.25) is 0 Å². The molecule has 1 nitrogen and oxygen atoms in total. The third-order valence-corrected chi connectivity index (χ3v) is 0.754. The highest BCUT2D eigenvalue weighted by Crippen LogP contribution is 1.91. The molecule has 0 fully saturated rings. The van der Waals surface area contributed by atoms with Gasteiger partial charge in [-0.05, 0) is 6.42 Å². The maximum atomic E-state index is 8.62. The van der Waals surface area contributed by atoms with E-state index in [2.05, 4.69) is 5.92 Å². The first-order valence-corrected chi connectivity index (χ1v) is 2.45. The smallest absolute Gasteiger partial charge is 0.114 e. The van der Waals surface area contributed by atoms with Crippen LogP contribution in [0, 0.1) is 12.3 Å². The number of hydrogen-bond donors (Lipinski definition) is 1. The quantitative estimate of drug-likeness (QED) is 0.506. The normalized spacial score (nSPS) is 12.7. The highest BCUT2D eigenvalue weighted by Gasteiger charge is 1.91. The molecule has 0 heterocycles. The Hall–Kier alpha value is -0.480. The van der Waals surface area contributed by atoms with E-state index in [4.69, 9.17) is 11.5 Å². The van der Waals surface area contributed by atoms with Crippen LogP contribution in [0.3, 0.4) is 0 Å². The molecule has 7 heavy (non-hydrogen) atoms. The monoisotopic (exact) mass is 98.1 g/mol. The molecular formula is C6H10O.